The van der Waals surface area contributed by atoms with Crippen molar-refractivity contribution in [3.8, 4) is 17.5 Å². The van der Waals surface area contributed by atoms with Crippen LogP contribution in [0.15, 0.2) is 30.3 Å². The molecule has 4 nitrogen and oxygen atoms in total. The second-order valence-electron chi connectivity index (χ2n) is 4.76. The third kappa shape index (κ3) is 3.41. The van der Waals surface area contributed by atoms with Gasteiger partial charge in [-0.05, 0) is 43.5 Å². The van der Waals surface area contributed by atoms with Gasteiger partial charge in [0.15, 0.2) is 0 Å². The SMILES string of the molecule is CCCOc1nc(Oc2cc(C)ccc2C)ccc1N. The van der Waals surface area contributed by atoms with Crippen LogP contribution in [-0.4, -0.2) is 11.6 Å². The smallest absolute Gasteiger partial charge is 0.240 e. The van der Waals surface area contributed by atoms with Gasteiger partial charge in [-0.25, -0.2) is 0 Å². The van der Waals surface area contributed by atoms with E-state index in [9.17, 15) is 0 Å². The van der Waals surface area contributed by atoms with Crippen molar-refractivity contribution in [2.75, 3.05) is 12.3 Å². The Morgan fingerprint density at radius 1 is 1.15 bits per heavy atom. The minimum atomic E-state index is 0.426. The quantitative estimate of drug-likeness (QED) is 0.897. The fourth-order valence-electron chi connectivity index (χ4n) is 1.74. The zero-order valence-electron chi connectivity index (χ0n) is 12.1. The van der Waals surface area contributed by atoms with Crippen LogP contribution in [0.1, 0.15) is 24.5 Å². The molecule has 0 radical (unpaired) electrons. The molecule has 2 N–H and O–H groups in total. The molecule has 0 unspecified atom stereocenters. The number of aryl methyl sites for hydroxylation is 2. The van der Waals surface area contributed by atoms with Gasteiger partial charge in [0.1, 0.15) is 5.75 Å². The molecular formula is C16H20N2O2. The highest BCUT2D eigenvalue weighted by atomic mass is 16.5. The maximum atomic E-state index is 5.83. The third-order valence-electron chi connectivity index (χ3n) is 2.87. The van der Waals surface area contributed by atoms with Crippen LogP contribution in [0.3, 0.4) is 0 Å². The van der Waals surface area contributed by atoms with Crippen LogP contribution in [-0.2, 0) is 0 Å². The van der Waals surface area contributed by atoms with Gasteiger partial charge in [0.2, 0.25) is 11.8 Å². The molecule has 2 rings (SSSR count). The van der Waals surface area contributed by atoms with Crippen LogP contribution in [0, 0.1) is 13.8 Å². The number of hydrogen-bond donors (Lipinski definition) is 1. The molecule has 0 fully saturated rings. The van der Waals surface area contributed by atoms with Crippen molar-refractivity contribution >= 4 is 5.69 Å². The first-order valence-electron chi connectivity index (χ1n) is 6.74. The molecule has 0 bridgehead atoms. The van der Waals surface area contributed by atoms with Crippen LogP contribution in [0.5, 0.6) is 17.5 Å². The third-order valence-corrected chi connectivity index (χ3v) is 2.87. The summed E-state index contributed by atoms with van der Waals surface area (Å²) >= 11 is 0. The van der Waals surface area contributed by atoms with Gasteiger partial charge in [-0.3, -0.25) is 0 Å². The lowest BCUT2D eigenvalue weighted by atomic mass is 10.1. The van der Waals surface area contributed by atoms with Crippen molar-refractivity contribution < 1.29 is 9.47 Å². The Hall–Kier alpha value is -2.23. The van der Waals surface area contributed by atoms with Crippen molar-refractivity contribution in [2.45, 2.75) is 27.2 Å². The van der Waals surface area contributed by atoms with Gasteiger partial charge >= 0.3 is 0 Å². The van der Waals surface area contributed by atoms with Gasteiger partial charge in [0.25, 0.3) is 0 Å². The number of aromatic nitrogens is 1. The molecule has 1 heterocycles. The van der Waals surface area contributed by atoms with Crippen molar-refractivity contribution in [1.29, 1.82) is 0 Å². The zero-order valence-corrected chi connectivity index (χ0v) is 12.1. The summed E-state index contributed by atoms with van der Waals surface area (Å²) in [6.07, 6.45) is 0.906. The number of anilines is 1. The fraction of sp³-hybridized carbons (Fsp3) is 0.312. The van der Waals surface area contributed by atoms with Gasteiger partial charge in [-0.2, -0.15) is 4.98 Å². The Bertz CT molecular complexity index is 597. The molecule has 0 aliphatic heterocycles. The van der Waals surface area contributed by atoms with Crippen LogP contribution < -0.4 is 15.2 Å². The molecule has 2 aromatic rings. The molecule has 0 saturated heterocycles. The molecular weight excluding hydrogens is 252 g/mol. The molecule has 0 saturated carbocycles. The van der Waals surface area contributed by atoms with Crippen molar-refractivity contribution in [3.05, 3.63) is 41.5 Å². The number of nitrogens with zero attached hydrogens (tertiary/aromatic N) is 1. The molecule has 0 atom stereocenters. The number of benzene rings is 1. The number of nitrogens with two attached hydrogens (primary N) is 1. The largest absolute Gasteiger partial charge is 0.476 e. The average molecular weight is 272 g/mol. The topological polar surface area (TPSA) is 57.4 Å². The number of rotatable bonds is 5. The summed E-state index contributed by atoms with van der Waals surface area (Å²) in [4.78, 5) is 4.31. The van der Waals surface area contributed by atoms with Crippen LogP contribution >= 0.6 is 0 Å². The number of hydrogen-bond acceptors (Lipinski definition) is 4. The summed E-state index contributed by atoms with van der Waals surface area (Å²) in [5.41, 5.74) is 8.56. The Morgan fingerprint density at radius 2 is 1.95 bits per heavy atom. The second kappa shape index (κ2) is 6.28. The highest BCUT2D eigenvalue weighted by Gasteiger charge is 2.07. The first-order chi connectivity index (χ1) is 9.60. The van der Waals surface area contributed by atoms with Gasteiger partial charge in [-0.1, -0.05) is 19.1 Å². The summed E-state index contributed by atoms with van der Waals surface area (Å²) in [5, 5.41) is 0. The highest BCUT2D eigenvalue weighted by molar-refractivity contribution is 5.50. The lowest BCUT2D eigenvalue weighted by molar-refractivity contribution is 0.302. The molecule has 0 aliphatic rings. The van der Waals surface area contributed by atoms with E-state index in [1.807, 2.05) is 39.0 Å². The maximum absolute atomic E-state index is 5.83. The van der Waals surface area contributed by atoms with E-state index in [2.05, 4.69) is 4.98 Å². The molecule has 4 heteroatoms. The molecule has 0 aliphatic carbocycles. The molecule has 106 valence electrons. The fourth-order valence-corrected chi connectivity index (χ4v) is 1.74. The Kier molecular flexibility index (Phi) is 4.45. The second-order valence-corrected chi connectivity index (χ2v) is 4.76. The van der Waals surface area contributed by atoms with E-state index >= 15 is 0 Å². The molecule has 0 spiro atoms. The molecule has 0 amide bonds. The monoisotopic (exact) mass is 272 g/mol. The van der Waals surface area contributed by atoms with E-state index in [1.165, 1.54) is 0 Å². The van der Waals surface area contributed by atoms with Gasteiger partial charge in [-0.15, -0.1) is 0 Å². The maximum Gasteiger partial charge on any atom is 0.240 e. The number of ether oxygens (including phenoxy) is 2. The van der Waals surface area contributed by atoms with E-state index in [1.54, 1.807) is 12.1 Å². The molecule has 1 aromatic heterocycles. The van der Waals surface area contributed by atoms with Crippen LogP contribution in [0.2, 0.25) is 0 Å². The standard InChI is InChI=1S/C16H20N2O2/c1-4-9-19-16-13(17)7-8-15(18-16)20-14-10-11(2)5-6-12(14)3/h5-8,10H,4,9,17H2,1-3H3. The minimum absolute atomic E-state index is 0.426. The summed E-state index contributed by atoms with van der Waals surface area (Å²) in [7, 11) is 0. The van der Waals surface area contributed by atoms with Crippen LogP contribution in [0.4, 0.5) is 5.69 Å². The minimum Gasteiger partial charge on any atom is -0.476 e. The van der Waals surface area contributed by atoms with E-state index in [4.69, 9.17) is 15.2 Å². The van der Waals surface area contributed by atoms with Crippen molar-refractivity contribution in [3.63, 3.8) is 0 Å². The van der Waals surface area contributed by atoms with E-state index in [-0.39, 0.29) is 0 Å². The predicted molar refractivity (Wildman–Crippen MR) is 80.4 cm³/mol. The van der Waals surface area contributed by atoms with E-state index < -0.39 is 0 Å². The van der Waals surface area contributed by atoms with Gasteiger partial charge in [0, 0.05) is 6.07 Å². The average Bonchev–Trinajstić information content (AvgIpc) is 2.43. The number of nitrogen functional groups attached to an aromatic ring is 1. The van der Waals surface area contributed by atoms with E-state index in [0.29, 0.717) is 24.1 Å². The van der Waals surface area contributed by atoms with Gasteiger partial charge in [0.05, 0.1) is 12.3 Å². The lowest BCUT2D eigenvalue weighted by Crippen LogP contribution is -2.02. The Balaban J connectivity index is 2.22. The van der Waals surface area contributed by atoms with Crippen molar-refractivity contribution in [2.24, 2.45) is 0 Å². The van der Waals surface area contributed by atoms with Gasteiger partial charge < -0.3 is 15.2 Å². The first-order valence-corrected chi connectivity index (χ1v) is 6.74. The summed E-state index contributed by atoms with van der Waals surface area (Å²) in [5.74, 6) is 1.71. The molecule has 20 heavy (non-hydrogen) atoms. The van der Waals surface area contributed by atoms with E-state index in [0.717, 1.165) is 23.3 Å². The summed E-state index contributed by atoms with van der Waals surface area (Å²) in [6.45, 7) is 6.65. The first kappa shape index (κ1) is 14.2. The lowest BCUT2D eigenvalue weighted by Gasteiger charge is -2.11. The summed E-state index contributed by atoms with van der Waals surface area (Å²) in [6, 6.07) is 9.55. The van der Waals surface area contributed by atoms with Crippen molar-refractivity contribution in [1.82, 2.24) is 4.98 Å². The Labute approximate surface area is 119 Å². The van der Waals surface area contributed by atoms with Crippen LogP contribution in [0.25, 0.3) is 0 Å². The molecule has 1 aromatic carbocycles. The summed E-state index contributed by atoms with van der Waals surface area (Å²) < 4.78 is 11.3. The Morgan fingerprint density at radius 3 is 2.70 bits per heavy atom. The predicted octanol–water partition coefficient (Wildman–Crippen LogP) is 3.86. The normalized spacial score (nSPS) is 10.3. The highest BCUT2D eigenvalue weighted by Crippen LogP contribution is 2.28. The zero-order chi connectivity index (χ0) is 14.5. The number of pyridine rings is 1.